The second-order valence-electron chi connectivity index (χ2n) is 6.99. The molecule has 122 valence electrons. The van der Waals surface area contributed by atoms with E-state index in [2.05, 4.69) is 26.0 Å². The van der Waals surface area contributed by atoms with Crippen LogP contribution in [-0.2, 0) is 10.2 Å². The molecular formula is C20H24O3. The molecule has 0 radical (unpaired) electrons. The first-order valence-corrected chi connectivity index (χ1v) is 7.76. The second kappa shape index (κ2) is 6.45. The van der Waals surface area contributed by atoms with E-state index >= 15 is 0 Å². The maximum absolute atomic E-state index is 11.1. The van der Waals surface area contributed by atoms with Gasteiger partial charge in [0.25, 0.3) is 0 Å². The molecule has 23 heavy (non-hydrogen) atoms. The Bertz CT molecular complexity index is 655. The maximum Gasteiger partial charge on any atom is 0.312 e. The van der Waals surface area contributed by atoms with E-state index in [-0.39, 0.29) is 12.0 Å². The molecule has 2 aromatic rings. The Hall–Kier alpha value is -2.29. The lowest BCUT2D eigenvalue weighted by Crippen LogP contribution is -2.30. The molecule has 0 saturated heterocycles. The molecule has 0 aliphatic heterocycles. The summed E-state index contributed by atoms with van der Waals surface area (Å²) in [5.41, 5.74) is 1.44. The number of ether oxygens (including phenoxy) is 1. The Morgan fingerprint density at radius 2 is 1.43 bits per heavy atom. The maximum atomic E-state index is 11.1. The molecule has 0 aliphatic rings. The van der Waals surface area contributed by atoms with Crippen LogP contribution in [0.4, 0.5) is 0 Å². The zero-order valence-corrected chi connectivity index (χ0v) is 14.2. The Morgan fingerprint density at radius 1 is 0.913 bits per heavy atom. The van der Waals surface area contributed by atoms with Gasteiger partial charge in [0, 0.05) is 5.41 Å². The molecule has 1 N–H and O–H groups in total. The summed E-state index contributed by atoms with van der Waals surface area (Å²) in [6.07, 6.45) is 0. The molecule has 0 atom stereocenters. The molecule has 0 unspecified atom stereocenters. The summed E-state index contributed by atoms with van der Waals surface area (Å²) in [4.78, 5) is 11.1. The van der Waals surface area contributed by atoms with Crippen molar-refractivity contribution in [3.8, 4) is 5.75 Å². The van der Waals surface area contributed by atoms with E-state index in [0.29, 0.717) is 5.75 Å². The average Bonchev–Trinajstić information content (AvgIpc) is 2.54. The summed E-state index contributed by atoms with van der Waals surface area (Å²) in [7, 11) is 0. The standard InChI is InChI=1S/C20H24O3/c1-19(2,18(21)22)14-23-17-12-10-16(11-13-17)20(3,4)15-8-6-5-7-9-15/h5-13H,14H2,1-4H3,(H,21,22). The van der Waals surface area contributed by atoms with Crippen molar-refractivity contribution in [3.63, 3.8) is 0 Å². The fourth-order valence-corrected chi connectivity index (χ4v) is 2.31. The van der Waals surface area contributed by atoms with Gasteiger partial charge in [-0.05, 0) is 37.1 Å². The predicted molar refractivity (Wildman–Crippen MR) is 91.9 cm³/mol. The van der Waals surface area contributed by atoms with Crippen LogP contribution in [0.1, 0.15) is 38.8 Å². The number of carboxylic acids is 1. The van der Waals surface area contributed by atoms with Crippen LogP contribution < -0.4 is 4.74 Å². The fraction of sp³-hybridized carbons (Fsp3) is 0.350. The number of hydrogen-bond donors (Lipinski definition) is 1. The molecule has 0 aromatic heterocycles. The van der Waals surface area contributed by atoms with E-state index in [0.717, 1.165) is 0 Å². The summed E-state index contributed by atoms with van der Waals surface area (Å²) >= 11 is 0. The van der Waals surface area contributed by atoms with Crippen molar-refractivity contribution < 1.29 is 14.6 Å². The molecule has 0 bridgehead atoms. The molecule has 0 fully saturated rings. The van der Waals surface area contributed by atoms with Gasteiger partial charge in [-0.2, -0.15) is 0 Å². The molecule has 3 heteroatoms. The monoisotopic (exact) mass is 312 g/mol. The second-order valence-corrected chi connectivity index (χ2v) is 6.99. The van der Waals surface area contributed by atoms with Gasteiger partial charge >= 0.3 is 5.97 Å². The zero-order chi connectivity index (χ0) is 17.1. The van der Waals surface area contributed by atoms with E-state index in [1.54, 1.807) is 13.8 Å². The fourth-order valence-electron chi connectivity index (χ4n) is 2.31. The molecule has 0 spiro atoms. The number of hydrogen-bond acceptors (Lipinski definition) is 2. The van der Waals surface area contributed by atoms with Crippen LogP contribution in [0.2, 0.25) is 0 Å². The van der Waals surface area contributed by atoms with Gasteiger partial charge in [-0.3, -0.25) is 4.79 Å². The highest BCUT2D eigenvalue weighted by Crippen LogP contribution is 2.32. The minimum atomic E-state index is -0.901. The largest absolute Gasteiger partial charge is 0.492 e. The first kappa shape index (κ1) is 17.1. The van der Waals surface area contributed by atoms with Gasteiger partial charge in [0.05, 0.1) is 5.41 Å². The molecular weight excluding hydrogens is 288 g/mol. The number of benzene rings is 2. The van der Waals surface area contributed by atoms with E-state index in [9.17, 15) is 4.79 Å². The van der Waals surface area contributed by atoms with Gasteiger partial charge in [0.15, 0.2) is 0 Å². The molecule has 0 aliphatic carbocycles. The normalized spacial score (nSPS) is 12.0. The molecule has 0 heterocycles. The van der Waals surface area contributed by atoms with Crippen LogP contribution in [0, 0.1) is 5.41 Å². The van der Waals surface area contributed by atoms with Crippen LogP contribution in [0.5, 0.6) is 5.75 Å². The summed E-state index contributed by atoms with van der Waals surface area (Å²) in [5, 5.41) is 9.12. The third-order valence-corrected chi connectivity index (χ3v) is 4.25. The molecule has 0 saturated carbocycles. The van der Waals surface area contributed by atoms with Gasteiger partial charge in [-0.1, -0.05) is 56.3 Å². The van der Waals surface area contributed by atoms with Crippen molar-refractivity contribution in [1.29, 1.82) is 0 Å². The number of rotatable bonds is 6. The van der Waals surface area contributed by atoms with Crippen LogP contribution in [0.3, 0.4) is 0 Å². The van der Waals surface area contributed by atoms with Crippen LogP contribution in [0.25, 0.3) is 0 Å². The Morgan fingerprint density at radius 3 is 1.96 bits per heavy atom. The van der Waals surface area contributed by atoms with Crippen molar-refractivity contribution in [2.24, 2.45) is 5.41 Å². The van der Waals surface area contributed by atoms with Gasteiger partial charge in [0.1, 0.15) is 12.4 Å². The van der Waals surface area contributed by atoms with E-state index in [4.69, 9.17) is 9.84 Å². The third-order valence-electron chi connectivity index (χ3n) is 4.25. The predicted octanol–water partition coefficient (Wildman–Crippen LogP) is 4.50. The SMILES string of the molecule is CC(C)(COc1ccc(C(C)(C)c2ccccc2)cc1)C(=O)O. The van der Waals surface area contributed by atoms with Gasteiger partial charge < -0.3 is 9.84 Å². The first-order chi connectivity index (χ1) is 10.7. The Labute approximate surface area is 137 Å². The lowest BCUT2D eigenvalue weighted by atomic mass is 9.78. The summed E-state index contributed by atoms with van der Waals surface area (Å²) in [6, 6.07) is 18.2. The topological polar surface area (TPSA) is 46.5 Å². The third kappa shape index (κ3) is 3.92. The van der Waals surface area contributed by atoms with Crippen LogP contribution >= 0.6 is 0 Å². The van der Waals surface area contributed by atoms with Crippen molar-refractivity contribution >= 4 is 5.97 Å². The minimum absolute atomic E-state index is 0.0971. The molecule has 3 nitrogen and oxygen atoms in total. The molecule has 2 aromatic carbocycles. The van der Waals surface area contributed by atoms with E-state index < -0.39 is 11.4 Å². The highest BCUT2D eigenvalue weighted by molar-refractivity contribution is 5.73. The number of carboxylic acid groups (broad SMARTS) is 1. The van der Waals surface area contributed by atoms with Gasteiger partial charge in [-0.15, -0.1) is 0 Å². The summed E-state index contributed by atoms with van der Waals surface area (Å²) in [6.45, 7) is 7.83. The Kier molecular flexibility index (Phi) is 4.79. The van der Waals surface area contributed by atoms with Crippen LogP contribution in [0.15, 0.2) is 54.6 Å². The lowest BCUT2D eigenvalue weighted by Gasteiger charge is -2.26. The van der Waals surface area contributed by atoms with Crippen molar-refractivity contribution in [2.75, 3.05) is 6.61 Å². The van der Waals surface area contributed by atoms with E-state index in [1.165, 1.54) is 11.1 Å². The zero-order valence-electron chi connectivity index (χ0n) is 14.2. The highest BCUT2D eigenvalue weighted by Gasteiger charge is 2.28. The van der Waals surface area contributed by atoms with E-state index in [1.807, 2.05) is 42.5 Å². The quantitative estimate of drug-likeness (QED) is 0.854. The van der Waals surface area contributed by atoms with Crippen molar-refractivity contribution in [1.82, 2.24) is 0 Å². The lowest BCUT2D eigenvalue weighted by molar-refractivity contribution is -0.148. The Balaban J connectivity index is 2.12. The summed E-state index contributed by atoms with van der Waals surface area (Å²) < 4.78 is 5.62. The molecule has 2 rings (SSSR count). The smallest absolute Gasteiger partial charge is 0.312 e. The van der Waals surface area contributed by atoms with Crippen molar-refractivity contribution in [3.05, 3.63) is 65.7 Å². The summed E-state index contributed by atoms with van der Waals surface area (Å²) in [5.74, 6) is -0.175. The number of carbonyl (C=O) groups is 1. The minimum Gasteiger partial charge on any atom is -0.492 e. The van der Waals surface area contributed by atoms with Gasteiger partial charge in [-0.25, -0.2) is 0 Å². The number of aliphatic carboxylic acids is 1. The first-order valence-electron chi connectivity index (χ1n) is 7.76. The highest BCUT2D eigenvalue weighted by atomic mass is 16.5. The van der Waals surface area contributed by atoms with Crippen LogP contribution in [-0.4, -0.2) is 17.7 Å². The average molecular weight is 312 g/mol. The van der Waals surface area contributed by atoms with Gasteiger partial charge in [0.2, 0.25) is 0 Å². The molecule has 0 amide bonds. The van der Waals surface area contributed by atoms with Crippen molar-refractivity contribution in [2.45, 2.75) is 33.1 Å².